The minimum absolute atomic E-state index is 0.0870. The summed E-state index contributed by atoms with van der Waals surface area (Å²) in [5, 5.41) is -0.0870. The zero-order valence-corrected chi connectivity index (χ0v) is 13.9. The van der Waals surface area contributed by atoms with E-state index in [-0.39, 0.29) is 11.2 Å². The van der Waals surface area contributed by atoms with Crippen LogP contribution in [0.1, 0.15) is 25.3 Å². The van der Waals surface area contributed by atoms with Crippen LogP contribution in [0.5, 0.6) is 0 Å². The number of carbonyl (C=O) groups is 2. The molecule has 1 fully saturated rings. The lowest BCUT2D eigenvalue weighted by atomic mass is 10.2. The molecule has 1 aliphatic heterocycles. The Morgan fingerprint density at radius 2 is 2.09 bits per heavy atom. The molecule has 1 aromatic rings. The van der Waals surface area contributed by atoms with E-state index in [1.165, 1.54) is 0 Å². The van der Waals surface area contributed by atoms with E-state index in [0.29, 0.717) is 31.0 Å². The van der Waals surface area contributed by atoms with Gasteiger partial charge in [-0.05, 0) is 36.7 Å². The summed E-state index contributed by atoms with van der Waals surface area (Å²) >= 11 is 6.50. The maximum atomic E-state index is 12.0. The Labute approximate surface area is 139 Å². The fourth-order valence-corrected chi connectivity index (χ4v) is 3.30. The molecule has 22 heavy (non-hydrogen) atoms. The van der Waals surface area contributed by atoms with Crippen molar-refractivity contribution < 1.29 is 14.3 Å². The van der Waals surface area contributed by atoms with Gasteiger partial charge in [-0.25, -0.2) is 0 Å². The average Bonchev–Trinajstić information content (AvgIpc) is 2.76. The quantitative estimate of drug-likeness (QED) is 0.449. The predicted octanol–water partition coefficient (Wildman–Crippen LogP) is 3.87. The van der Waals surface area contributed by atoms with E-state index in [9.17, 15) is 9.59 Å². The van der Waals surface area contributed by atoms with Crippen molar-refractivity contribution in [2.45, 2.75) is 19.8 Å². The van der Waals surface area contributed by atoms with Crippen LogP contribution in [0.15, 0.2) is 35.2 Å². The lowest BCUT2D eigenvalue weighted by molar-refractivity contribution is -0.143. The minimum atomic E-state index is -0.243. The Hall–Kier alpha value is -1.66. The first kappa shape index (κ1) is 16.7. The summed E-state index contributed by atoms with van der Waals surface area (Å²) in [6.07, 6.45) is 2.75. The normalized spacial score (nSPS) is 16.4. The van der Waals surface area contributed by atoms with Crippen molar-refractivity contribution in [3.63, 3.8) is 0 Å². The Bertz CT molecular complexity index is 599. The Morgan fingerprint density at radius 1 is 1.36 bits per heavy atom. The van der Waals surface area contributed by atoms with Gasteiger partial charge < -0.3 is 4.74 Å². The number of thioether (sulfide) groups is 1. The van der Waals surface area contributed by atoms with Gasteiger partial charge in [-0.3, -0.25) is 14.5 Å². The summed E-state index contributed by atoms with van der Waals surface area (Å²) in [5.41, 5.74) is 1.01. The van der Waals surface area contributed by atoms with Gasteiger partial charge in [-0.1, -0.05) is 42.5 Å². The van der Waals surface area contributed by atoms with Crippen LogP contribution in [-0.2, 0) is 9.53 Å². The average molecular weight is 335 g/mol. The second-order valence-electron chi connectivity index (χ2n) is 4.65. The van der Waals surface area contributed by atoms with E-state index in [1.807, 2.05) is 36.4 Å². The van der Waals surface area contributed by atoms with Crippen LogP contribution < -0.4 is 0 Å². The summed E-state index contributed by atoms with van der Waals surface area (Å²) in [7, 11) is 0. The molecule has 0 atom stereocenters. The number of amides is 1. The van der Waals surface area contributed by atoms with Gasteiger partial charge in [0, 0.05) is 13.0 Å². The summed E-state index contributed by atoms with van der Waals surface area (Å²) in [6.45, 7) is 2.59. The smallest absolute Gasteiger partial charge is 0.305 e. The number of carbonyl (C=O) groups excluding carboxylic acids is 2. The summed E-state index contributed by atoms with van der Waals surface area (Å²) in [5.74, 6) is -0.243. The molecule has 2 rings (SSSR count). The van der Waals surface area contributed by atoms with Crippen LogP contribution in [0.3, 0.4) is 0 Å². The molecule has 0 bridgehead atoms. The molecule has 0 spiro atoms. The summed E-state index contributed by atoms with van der Waals surface area (Å²) < 4.78 is 4.87. The number of rotatable bonds is 6. The van der Waals surface area contributed by atoms with Crippen LogP contribution >= 0.6 is 24.0 Å². The zero-order valence-electron chi connectivity index (χ0n) is 12.3. The molecule has 6 heteroatoms. The first-order chi connectivity index (χ1) is 10.6. The molecule has 0 unspecified atom stereocenters. The third kappa shape index (κ3) is 4.42. The first-order valence-corrected chi connectivity index (χ1v) is 8.30. The van der Waals surface area contributed by atoms with Gasteiger partial charge >= 0.3 is 5.97 Å². The Balaban J connectivity index is 1.94. The molecular formula is C16H17NO3S2. The van der Waals surface area contributed by atoms with E-state index in [1.54, 1.807) is 11.8 Å². The van der Waals surface area contributed by atoms with Gasteiger partial charge in [-0.15, -0.1) is 0 Å². The third-order valence-corrected chi connectivity index (χ3v) is 4.53. The molecular weight excluding hydrogens is 318 g/mol. The number of ether oxygens (including phenoxy) is 1. The van der Waals surface area contributed by atoms with E-state index < -0.39 is 0 Å². The summed E-state index contributed by atoms with van der Waals surface area (Å²) in [4.78, 5) is 26.2. The lowest BCUT2D eigenvalue weighted by Crippen LogP contribution is -2.28. The highest BCUT2D eigenvalue weighted by Crippen LogP contribution is 2.33. The highest BCUT2D eigenvalue weighted by molar-refractivity contribution is 8.19. The predicted molar refractivity (Wildman–Crippen MR) is 92.6 cm³/mol. The second-order valence-corrected chi connectivity index (χ2v) is 6.03. The standard InChI is InChI=1S/C16H17NO3S2/c1-2-20-14(18)9-6-10-17-15(21)13(22-16(17)19)11-12-7-4-3-5-8-12/h3-5,7-8,11H,2,6,9-10H2,1H3/b13-11-. The Kier molecular flexibility index (Phi) is 6.15. The van der Waals surface area contributed by atoms with Crippen LogP contribution in [-0.4, -0.2) is 34.2 Å². The fourth-order valence-electron chi connectivity index (χ4n) is 2.01. The molecule has 1 amide bonds. The van der Waals surface area contributed by atoms with Gasteiger partial charge in [0.1, 0.15) is 4.99 Å². The van der Waals surface area contributed by atoms with Crippen LogP contribution in [0, 0.1) is 0 Å². The van der Waals surface area contributed by atoms with Crippen molar-refractivity contribution in [2.75, 3.05) is 13.2 Å². The van der Waals surface area contributed by atoms with E-state index >= 15 is 0 Å². The largest absolute Gasteiger partial charge is 0.466 e. The van der Waals surface area contributed by atoms with E-state index in [2.05, 4.69) is 0 Å². The molecule has 116 valence electrons. The van der Waals surface area contributed by atoms with Crippen LogP contribution in [0.2, 0.25) is 0 Å². The molecule has 0 radical (unpaired) electrons. The second kappa shape index (κ2) is 8.10. The van der Waals surface area contributed by atoms with Gasteiger partial charge in [0.2, 0.25) is 0 Å². The van der Waals surface area contributed by atoms with Gasteiger partial charge in [-0.2, -0.15) is 0 Å². The highest BCUT2D eigenvalue weighted by Gasteiger charge is 2.31. The minimum Gasteiger partial charge on any atom is -0.466 e. The number of hydrogen-bond donors (Lipinski definition) is 0. The van der Waals surface area contributed by atoms with Crippen molar-refractivity contribution in [1.29, 1.82) is 0 Å². The van der Waals surface area contributed by atoms with Crippen LogP contribution in [0.4, 0.5) is 4.79 Å². The van der Waals surface area contributed by atoms with Crippen LogP contribution in [0.25, 0.3) is 6.08 Å². The zero-order chi connectivity index (χ0) is 15.9. The molecule has 0 N–H and O–H groups in total. The van der Waals surface area contributed by atoms with Crippen molar-refractivity contribution in [1.82, 2.24) is 4.90 Å². The topological polar surface area (TPSA) is 46.6 Å². The van der Waals surface area contributed by atoms with Crippen molar-refractivity contribution in [2.24, 2.45) is 0 Å². The fraction of sp³-hybridized carbons (Fsp3) is 0.312. The van der Waals surface area contributed by atoms with E-state index in [4.69, 9.17) is 17.0 Å². The SMILES string of the molecule is CCOC(=O)CCCN1C(=O)S/C(=C\c2ccccc2)C1=S. The number of benzene rings is 1. The monoisotopic (exact) mass is 335 g/mol. The molecule has 1 aromatic carbocycles. The van der Waals surface area contributed by atoms with Crippen molar-refractivity contribution >= 4 is 46.3 Å². The van der Waals surface area contributed by atoms with Gasteiger partial charge in [0.05, 0.1) is 11.5 Å². The molecule has 0 aliphatic carbocycles. The first-order valence-electron chi connectivity index (χ1n) is 7.08. The molecule has 1 saturated heterocycles. The third-order valence-electron chi connectivity index (χ3n) is 3.04. The highest BCUT2D eigenvalue weighted by atomic mass is 32.2. The molecule has 0 saturated carbocycles. The number of esters is 1. The summed E-state index contributed by atoms with van der Waals surface area (Å²) in [6, 6.07) is 9.74. The molecule has 1 heterocycles. The van der Waals surface area contributed by atoms with E-state index in [0.717, 1.165) is 22.2 Å². The molecule has 0 aromatic heterocycles. The number of nitrogens with zero attached hydrogens (tertiary/aromatic N) is 1. The molecule has 1 aliphatic rings. The number of thiocarbonyl (C=S) groups is 1. The lowest BCUT2D eigenvalue weighted by Gasteiger charge is -2.14. The van der Waals surface area contributed by atoms with Crippen molar-refractivity contribution in [3.05, 3.63) is 40.8 Å². The van der Waals surface area contributed by atoms with Gasteiger partial charge in [0.25, 0.3) is 5.24 Å². The number of hydrogen-bond acceptors (Lipinski definition) is 5. The van der Waals surface area contributed by atoms with Crippen molar-refractivity contribution in [3.8, 4) is 0 Å². The van der Waals surface area contributed by atoms with Gasteiger partial charge in [0.15, 0.2) is 0 Å². The maximum absolute atomic E-state index is 12.0. The Morgan fingerprint density at radius 3 is 2.77 bits per heavy atom. The molecule has 4 nitrogen and oxygen atoms in total. The maximum Gasteiger partial charge on any atom is 0.305 e.